The van der Waals surface area contributed by atoms with E-state index in [0.29, 0.717) is 25.3 Å². The first-order valence-electron chi connectivity index (χ1n) is 7.77. The molecule has 1 atom stereocenters. The molecule has 2 aromatic rings. The number of carbonyl (C=O) groups excluding carboxylic acids is 1. The fourth-order valence-electron chi connectivity index (χ4n) is 2.72. The Kier molecular flexibility index (Phi) is 4.61. The lowest BCUT2D eigenvalue weighted by Gasteiger charge is -2.32. The summed E-state index contributed by atoms with van der Waals surface area (Å²) >= 11 is 0. The number of carboxylic acid groups (broad SMARTS) is 1. The molecule has 24 heavy (non-hydrogen) atoms. The minimum Gasteiger partial charge on any atom is -0.481 e. The van der Waals surface area contributed by atoms with Crippen molar-refractivity contribution in [1.82, 2.24) is 14.7 Å². The van der Waals surface area contributed by atoms with E-state index in [4.69, 9.17) is 9.84 Å². The molecule has 7 heteroatoms. The van der Waals surface area contributed by atoms with Gasteiger partial charge in [-0.25, -0.2) is 4.68 Å². The van der Waals surface area contributed by atoms with Gasteiger partial charge in [0.05, 0.1) is 31.0 Å². The van der Waals surface area contributed by atoms with Gasteiger partial charge in [-0.15, -0.1) is 0 Å². The molecule has 1 aromatic carbocycles. The van der Waals surface area contributed by atoms with Crippen molar-refractivity contribution in [3.05, 3.63) is 47.8 Å². The number of hydrogen-bond acceptors (Lipinski definition) is 4. The maximum Gasteiger partial charge on any atom is 0.306 e. The summed E-state index contributed by atoms with van der Waals surface area (Å²) in [6, 6.07) is 7.20. The Morgan fingerprint density at radius 2 is 2.08 bits per heavy atom. The zero-order valence-electron chi connectivity index (χ0n) is 13.4. The first-order valence-corrected chi connectivity index (χ1v) is 7.77. The fourth-order valence-corrected chi connectivity index (χ4v) is 2.72. The molecule has 1 aromatic heterocycles. The highest BCUT2D eigenvalue weighted by Gasteiger charge is 2.26. The highest BCUT2D eigenvalue weighted by Crippen LogP contribution is 2.15. The van der Waals surface area contributed by atoms with Crippen molar-refractivity contribution < 1.29 is 19.4 Å². The van der Waals surface area contributed by atoms with Gasteiger partial charge in [-0.3, -0.25) is 9.59 Å². The van der Waals surface area contributed by atoms with Crippen LogP contribution in [-0.2, 0) is 9.53 Å². The van der Waals surface area contributed by atoms with Gasteiger partial charge in [0.2, 0.25) is 0 Å². The topological polar surface area (TPSA) is 84.7 Å². The number of aryl methyl sites for hydroxylation is 1. The minimum absolute atomic E-state index is 0.0959. The summed E-state index contributed by atoms with van der Waals surface area (Å²) in [6.07, 6.45) is 3.14. The molecule has 0 bridgehead atoms. The lowest BCUT2D eigenvalue weighted by atomic mass is 10.1. The number of aromatic nitrogens is 2. The summed E-state index contributed by atoms with van der Waals surface area (Å²) in [5.74, 6) is -1.04. The smallest absolute Gasteiger partial charge is 0.306 e. The molecule has 0 unspecified atom stereocenters. The minimum atomic E-state index is -0.923. The van der Waals surface area contributed by atoms with E-state index in [-0.39, 0.29) is 12.3 Å². The van der Waals surface area contributed by atoms with Crippen LogP contribution >= 0.6 is 0 Å². The predicted octanol–water partition coefficient (Wildman–Crippen LogP) is 1.50. The Labute approximate surface area is 139 Å². The van der Waals surface area contributed by atoms with Crippen LogP contribution in [0.15, 0.2) is 36.7 Å². The highest BCUT2D eigenvalue weighted by molar-refractivity contribution is 5.94. The van der Waals surface area contributed by atoms with Crippen LogP contribution in [0.2, 0.25) is 0 Å². The van der Waals surface area contributed by atoms with Crippen molar-refractivity contribution in [2.75, 3.05) is 19.7 Å². The van der Waals surface area contributed by atoms with Gasteiger partial charge in [-0.05, 0) is 36.8 Å². The van der Waals surface area contributed by atoms with E-state index in [0.717, 1.165) is 11.3 Å². The third-order valence-corrected chi connectivity index (χ3v) is 3.92. The van der Waals surface area contributed by atoms with E-state index in [2.05, 4.69) is 5.10 Å². The normalized spacial score (nSPS) is 17.7. The second kappa shape index (κ2) is 6.84. The number of rotatable bonds is 4. The summed E-state index contributed by atoms with van der Waals surface area (Å²) < 4.78 is 7.15. The van der Waals surface area contributed by atoms with Gasteiger partial charge in [0, 0.05) is 24.8 Å². The number of benzene rings is 1. The average molecular weight is 329 g/mol. The van der Waals surface area contributed by atoms with Crippen molar-refractivity contribution in [3.63, 3.8) is 0 Å². The Bertz CT molecular complexity index is 739. The molecular formula is C17H19N3O4. The molecule has 1 saturated heterocycles. The molecule has 3 rings (SSSR count). The van der Waals surface area contributed by atoms with Crippen LogP contribution in [0.3, 0.4) is 0 Å². The number of amides is 1. The molecule has 0 radical (unpaired) electrons. The number of carbonyl (C=O) groups is 2. The monoisotopic (exact) mass is 329 g/mol. The van der Waals surface area contributed by atoms with Crippen molar-refractivity contribution in [3.8, 4) is 5.69 Å². The summed E-state index contributed by atoms with van der Waals surface area (Å²) in [7, 11) is 0. The summed E-state index contributed by atoms with van der Waals surface area (Å²) in [5, 5.41) is 13.1. The molecule has 0 saturated carbocycles. The van der Waals surface area contributed by atoms with Crippen LogP contribution in [0, 0.1) is 6.92 Å². The van der Waals surface area contributed by atoms with Crippen molar-refractivity contribution >= 4 is 11.9 Å². The quantitative estimate of drug-likeness (QED) is 0.919. The molecule has 1 aliphatic rings. The highest BCUT2D eigenvalue weighted by atomic mass is 16.5. The number of carboxylic acids is 1. The first-order chi connectivity index (χ1) is 11.5. The maximum atomic E-state index is 12.6. The first kappa shape index (κ1) is 16.2. The standard InChI is InChI=1S/C17H19N3O4/c1-12-9-18-20(10-12)14-4-2-13(3-5-14)17(23)19-6-7-24-15(11-19)8-16(21)22/h2-5,9-10,15H,6-8,11H2,1H3,(H,21,22)/t15-/m0/s1. The van der Waals surface area contributed by atoms with Crippen LogP contribution in [-0.4, -0.2) is 57.5 Å². The van der Waals surface area contributed by atoms with Crippen LogP contribution in [0.4, 0.5) is 0 Å². The summed E-state index contributed by atoms with van der Waals surface area (Å²) in [5.41, 5.74) is 2.51. The Morgan fingerprint density at radius 3 is 2.71 bits per heavy atom. The van der Waals surface area contributed by atoms with Gasteiger partial charge in [0.15, 0.2) is 0 Å². The lowest BCUT2D eigenvalue weighted by molar-refractivity contribution is -0.141. The Morgan fingerprint density at radius 1 is 1.33 bits per heavy atom. The molecule has 0 spiro atoms. The second-order valence-electron chi connectivity index (χ2n) is 5.85. The van der Waals surface area contributed by atoms with Crippen molar-refractivity contribution in [1.29, 1.82) is 0 Å². The number of morpholine rings is 1. The summed E-state index contributed by atoms with van der Waals surface area (Å²) in [4.78, 5) is 25.0. The molecule has 0 aliphatic carbocycles. The van der Waals surface area contributed by atoms with Gasteiger partial charge in [-0.1, -0.05) is 0 Å². The van der Waals surface area contributed by atoms with Gasteiger partial charge in [-0.2, -0.15) is 5.10 Å². The largest absolute Gasteiger partial charge is 0.481 e. The summed E-state index contributed by atoms with van der Waals surface area (Å²) in [6.45, 7) is 3.09. The van der Waals surface area contributed by atoms with E-state index in [1.54, 1.807) is 27.9 Å². The molecule has 1 N–H and O–H groups in total. The van der Waals surface area contributed by atoms with E-state index in [1.807, 2.05) is 25.3 Å². The molecule has 1 amide bonds. The average Bonchev–Trinajstić information content (AvgIpc) is 3.00. The molecule has 1 aliphatic heterocycles. The van der Waals surface area contributed by atoms with Gasteiger partial charge >= 0.3 is 5.97 Å². The third-order valence-electron chi connectivity index (χ3n) is 3.92. The lowest BCUT2D eigenvalue weighted by Crippen LogP contribution is -2.46. The van der Waals surface area contributed by atoms with E-state index < -0.39 is 12.1 Å². The van der Waals surface area contributed by atoms with Crippen LogP contribution in [0.1, 0.15) is 22.3 Å². The SMILES string of the molecule is Cc1cnn(-c2ccc(C(=O)N3CCO[C@@H](CC(=O)O)C3)cc2)c1. The number of hydrogen-bond donors (Lipinski definition) is 1. The van der Waals surface area contributed by atoms with Crippen LogP contribution < -0.4 is 0 Å². The molecule has 126 valence electrons. The zero-order chi connectivity index (χ0) is 17.1. The number of ether oxygens (including phenoxy) is 1. The number of nitrogens with zero attached hydrogens (tertiary/aromatic N) is 3. The maximum absolute atomic E-state index is 12.6. The molecular weight excluding hydrogens is 310 g/mol. The van der Waals surface area contributed by atoms with Gasteiger partial charge in [0.1, 0.15) is 0 Å². The van der Waals surface area contributed by atoms with E-state index in [1.165, 1.54) is 0 Å². The Balaban J connectivity index is 1.69. The third kappa shape index (κ3) is 3.62. The molecule has 2 heterocycles. The van der Waals surface area contributed by atoms with Crippen LogP contribution in [0.25, 0.3) is 5.69 Å². The Hall–Kier alpha value is -2.67. The molecule has 7 nitrogen and oxygen atoms in total. The van der Waals surface area contributed by atoms with Crippen LogP contribution in [0.5, 0.6) is 0 Å². The van der Waals surface area contributed by atoms with E-state index in [9.17, 15) is 9.59 Å². The second-order valence-corrected chi connectivity index (χ2v) is 5.85. The van der Waals surface area contributed by atoms with Gasteiger partial charge < -0.3 is 14.7 Å². The van der Waals surface area contributed by atoms with E-state index >= 15 is 0 Å². The zero-order valence-corrected chi connectivity index (χ0v) is 13.4. The fraction of sp³-hybridized carbons (Fsp3) is 0.353. The predicted molar refractivity (Wildman–Crippen MR) is 86.2 cm³/mol. The number of aliphatic carboxylic acids is 1. The van der Waals surface area contributed by atoms with Crippen molar-refractivity contribution in [2.24, 2.45) is 0 Å². The molecule has 1 fully saturated rings. The van der Waals surface area contributed by atoms with Gasteiger partial charge in [0.25, 0.3) is 5.91 Å². The van der Waals surface area contributed by atoms with Crippen molar-refractivity contribution in [2.45, 2.75) is 19.4 Å².